The summed E-state index contributed by atoms with van der Waals surface area (Å²) >= 11 is 5.98. The highest BCUT2D eigenvalue weighted by atomic mass is 35.5. The highest BCUT2D eigenvalue weighted by Gasteiger charge is 2.22. The third-order valence-corrected chi connectivity index (χ3v) is 2.57. The molecule has 1 N–H and O–H groups in total. The first-order valence-corrected chi connectivity index (χ1v) is 4.91. The lowest BCUT2D eigenvalue weighted by molar-refractivity contribution is 0.142. The van der Waals surface area contributed by atoms with Gasteiger partial charge in [0.2, 0.25) is 0 Å². The zero-order chi connectivity index (χ0) is 9.61. The average Bonchev–Trinajstić information content (AvgIpc) is 1.98. The van der Waals surface area contributed by atoms with E-state index in [9.17, 15) is 0 Å². The molecule has 0 fully saturated rings. The van der Waals surface area contributed by atoms with Gasteiger partial charge < -0.3 is 10.1 Å². The maximum absolute atomic E-state index is 5.98. The van der Waals surface area contributed by atoms with Gasteiger partial charge in [-0.3, -0.25) is 0 Å². The van der Waals surface area contributed by atoms with Crippen molar-refractivity contribution in [3.05, 3.63) is 0 Å². The largest absolute Gasteiger partial charge is 0.380 e. The Kier molecular flexibility index (Phi) is 5.89. The lowest BCUT2D eigenvalue weighted by Crippen LogP contribution is -2.47. The maximum Gasteiger partial charge on any atom is 0.0590 e. The van der Waals surface area contributed by atoms with Gasteiger partial charge in [0.15, 0.2) is 0 Å². The highest BCUT2D eigenvalue weighted by molar-refractivity contribution is 6.21. The monoisotopic (exact) mass is 193 g/mol. The molecule has 0 saturated carbocycles. The van der Waals surface area contributed by atoms with E-state index in [1.54, 1.807) is 0 Å². The van der Waals surface area contributed by atoms with Crippen LogP contribution in [-0.2, 0) is 4.74 Å². The van der Waals surface area contributed by atoms with Crippen LogP contribution in [0.1, 0.15) is 27.7 Å². The number of halogens is 1. The molecule has 1 unspecified atom stereocenters. The van der Waals surface area contributed by atoms with Crippen LogP contribution < -0.4 is 5.32 Å². The van der Waals surface area contributed by atoms with Gasteiger partial charge in [-0.2, -0.15) is 0 Å². The highest BCUT2D eigenvalue weighted by Crippen LogP contribution is 2.13. The van der Waals surface area contributed by atoms with Crippen LogP contribution in [0.25, 0.3) is 0 Å². The Hall–Kier alpha value is 0.210. The topological polar surface area (TPSA) is 21.3 Å². The Bertz CT molecular complexity index is 115. The molecule has 0 heterocycles. The maximum atomic E-state index is 5.98. The Balaban J connectivity index is 3.47. The molecule has 0 aromatic carbocycles. The van der Waals surface area contributed by atoms with Crippen LogP contribution in [-0.4, -0.2) is 30.7 Å². The fraction of sp³-hybridized carbons (Fsp3) is 1.00. The normalized spacial score (nSPS) is 14.8. The van der Waals surface area contributed by atoms with E-state index >= 15 is 0 Å². The van der Waals surface area contributed by atoms with Crippen LogP contribution in [0.5, 0.6) is 0 Å². The third kappa shape index (κ3) is 4.96. The summed E-state index contributed by atoms with van der Waals surface area (Å²) in [5.41, 5.74) is -0.0152. The fourth-order valence-corrected chi connectivity index (χ4v) is 0.807. The second kappa shape index (κ2) is 5.79. The van der Waals surface area contributed by atoms with Gasteiger partial charge in [0.25, 0.3) is 0 Å². The zero-order valence-corrected chi connectivity index (χ0v) is 9.24. The van der Waals surface area contributed by atoms with Crippen molar-refractivity contribution in [3.63, 3.8) is 0 Å². The molecule has 1 atom stereocenters. The minimum absolute atomic E-state index is 0.0152. The first-order valence-electron chi connectivity index (χ1n) is 4.47. The minimum atomic E-state index is -0.0152. The molecule has 0 bridgehead atoms. The molecule has 0 aromatic heterocycles. The molecular weight excluding hydrogens is 174 g/mol. The van der Waals surface area contributed by atoms with Crippen LogP contribution in [0.3, 0.4) is 0 Å². The SMILES string of the molecule is CCOCCNC(C)(C)C(C)Cl. The van der Waals surface area contributed by atoms with Gasteiger partial charge in [-0.25, -0.2) is 0 Å². The van der Waals surface area contributed by atoms with Crippen molar-refractivity contribution in [2.24, 2.45) is 0 Å². The minimum Gasteiger partial charge on any atom is -0.380 e. The van der Waals surface area contributed by atoms with E-state index in [1.165, 1.54) is 0 Å². The van der Waals surface area contributed by atoms with Gasteiger partial charge in [0, 0.05) is 24.1 Å². The van der Waals surface area contributed by atoms with Crippen molar-refractivity contribution in [2.45, 2.75) is 38.6 Å². The summed E-state index contributed by atoms with van der Waals surface area (Å²) in [5, 5.41) is 3.46. The average molecular weight is 194 g/mol. The first-order chi connectivity index (χ1) is 5.50. The van der Waals surface area contributed by atoms with Gasteiger partial charge in [0.1, 0.15) is 0 Å². The number of hydrogen-bond donors (Lipinski definition) is 1. The molecule has 3 heteroatoms. The van der Waals surface area contributed by atoms with E-state index in [0.717, 1.165) is 19.8 Å². The molecule has 0 aliphatic heterocycles. The van der Waals surface area contributed by atoms with Gasteiger partial charge in [0.05, 0.1) is 6.61 Å². The van der Waals surface area contributed by atoms with Gasteiger partial charge >= 0.3 is 0 Å². The molecular formula is C9H20ClNO. The number of rotatable bonds is 6. The Labute approximate surface area is 80.6 Å². The number of nitrogens with one attached hydrogen (secondary N) is 1. The van der Waals surface area contributed by atoms with Gasteiger partial charge in [-0.1, -0.05) is 0 Å². The first kappa shape index (κ1) is 12.2. The van der Waals surface area contributed by atoms with Crippen LogP contribution >= 0.6 is 11.6 Å². The predicted octanol–water partition coefficient (Wildman–Crippen LogP) is 2.02. The quantitative estimate of drug-likeness (QED) is 0.515. The van der Waals surface area contributed by atoms with E-state index in [2.05, 4.69) is 19.2 Å². The Morgan fingerprint density at radius 2 is 2.08 bits per heavy atom. The van der Waals surface area contributed by atoms with Crippen molar-refractivity contribution < 1.29 is 4.74 Å². The van der Waals surface area contributed by atoms with E-state index < -0.39 is 0 Å². The molecule has 74 valence electrons. The van der Waals surface area contributed by atoms with Gasteiger partial charge in [-0.05, 0) is 27.7 Å². The second-order valence-electron chi connectivity index (χ2n) is 3.46. The smallest absolute Gasteiger partial charge is 0.0590 e. The van der Waals surface area contributed by atoms with Crippen molar-refractivity contribution in [2.75, 3.05) is 19.8 Å². The molecule has 0 saturated heterocycles. The van der Waals surface area contributed by atoms with Crippen LogP contribution in [0.15, 0.2) is 0 Å². The van der Waals surface area contributed by atoms with Crippen molar-refractivity contribution in [3.8, 4) is 0 Å². The van der Waals surface area contributed by atoms with E-state index in [4.69, 9.17) is 16.3 Å². The van der Waals surface area contributed by atoms with E-state index in [-0.39, 0.29) is 10.9 Å². The molecule has 0 radical (unpaired) electrons. The van der Waals surface area contributed by atoms with Crippen molar-refractivity contribution in [1.82, 2.24) is 5.32 Å². The summed E-state index contributed by atoms with van der Waals surface area (Å²) in [5.74, 6) is 0. The molecule has 0 rings (SSSR count). The summed E-state index contributed by atoms with van der Waals surface area (Å²) in [6.07, 6.45) is 0. The summed E-state index contributed by atoms with van der Waals surface area (Å²) in [4.78, 5) is 0. The fourth-order valence-electron chi connectivity index (χ4n) is 0.730. The standard InChI is InChI=1S/C9H20ClNO/c1-5-12-7-6-11-9(3,4)8(2)10/h8,11H,5-7H2,1-4H3. The predicted molar refractivity (Wildman–Crippen MR) is 53.9 cm³/mol. The van der Waals surface area contributed by atoms with Crippen molar-refractivity contribution >= 4 is 11.6 Å². The molecule has 0 aliphatic carbocycles. The summed E-state index contributed by atoms with van der Waals surface area (Å²) in [6.45, 7) is 10.6. The van der Waals surface area contributed by atoms with Crippen LogP contribution in [0.2, 0.25) is 0 Å². The number of ether oxygens (including phenoxy) is 1. The van der Waals surface area contributed by atoms with Gasteiger partial charge in [-0.15, -0.1) is 11.6 Å². The van der Waals surface area contributed by atoms with Crippen molar-refractivity contribution in [1.29, 1.82) is 0 Å². The van der Waals surface area contributed by atoms with E-state index in [1.807, 2.05) is 13.8 Å². The Morgan fingerprint density at radius 3 is 2.50 bits per heavy atom. The third-order valence-electron chi connectivity index (χ3n) is 2.03. The molecule has 0 aromatic rings. The lowest BCUT2D eigenvalue weighted by Gasteiger charge is -2.29. The number of alkyl halides is 1. The van der Waals surface area contributed by atoms with E-state index in [0.29, 0.717) is 0 Å². The molecule has 12 heavy (non-hydrogen) atoms. The van der Waals surface area contributed by atoms with Crippen LogP contribution in [0, 0.1) is 0 Å². The summed E-state index contributed by atoms with van der Waals surface area (Å²) in [7, 11) is 0. The summed E-state index contributed by atoms with van der Waals surface area (Å²) < 4.78 is 5.20. The van der Waals surface area contributed by atoms with Crippen LogP contribution in [0.4, 0.5) is 0 Å². The second-order valence-corrected chi connectivity index (χ2v) is 4.12. The lowest BCUT2D eigenvalue weighted by atomic mass is 10.0. The number of hydrogen-bond acceptors (Lipinski definition) is 2. The zero-order valence-electron chi connectivity index (χ0n) is 8.48. The molecule has 0 spiro atoms. The molecule has 0 amide bonds. The molecule has 2 nitrogen and oxygen atoms in total. The Morgan fingerprint density at radius 1 is 1.50 bits per heavy atom. The summed E-state index contributed by atoms with van der Waals surface area (Å²) in [6, 6.07) is 0. The molecule has 0 aliphatic rings.